The molecule has 37 heavy (non-hydrogen) atoms. The Bertz CT molecular complexity index is 1380. The van der Waals surface area contributed by atoms with Gasteiger partial charge in [0, 0.05) is 41.9 Å². The topological polar surface area (TPSA) is 84.8 Å². The van der Waals surface area contributed by atoms with Gasteiger partial charge in [-0.15, -0.1) is 11.3 Å². The Morgan fingerprint density at radius 2 is 1.89 bits per heavy atom. The second kappa shape index (κ2) is 11.0. The number of pyridine rings is 1. The molecular weight excluding hydrogens is 486 g/mol. The lowest BCUT2D eigenvalue weighted by atomic mass is 9.97. The van der Waals surface area contributed by atoms with Crippen LogP contribution in [0.4, 0.5) is 5.13 Å². The quantitative estimate of drug-likeness (QED) is 0.305. The maximum atomic E-state index is 11.3. The summed E-state index contributed by atoms with van der Waals surface area (Å²) in [5.41, 5.74) is 6.21. The number of aliphatic carboxylic acids is 1. The number of methoxy groups -OCH3 is 1. The molecule has 0 bridgehead atoms. The van der Waals surface area contributed by atoms with Crippen LogP contribution in [-0.2, 0) is 11.4 Å². The van der Waals surface area contributed by atoms with E-state index in [0.717, 1.165) is 44.4 Å². The van der Waals surface area contributed by atoms with Crippen molar-refractivity contribution in [2.24, 2.45) is 5.92 Å². The largest absolute Gasteiger partial charge is 0.488 e. The lowest BCUT2D eigenvalue weighted by molar-refractivity contribution is -0.142. The monoisotopic (exact) mass is 515 g/mol. The van der Waals surface area contributed by atoms with Crippen LogP contribution in [0.2, 0.25) is 0 Å². The van der Waals surface area contributed by atoms with Gasteiger partial charge in [0.25, 0.3) is 0 Å². The van der Waals surface area contributed by atoms with Crippen LogP contribution in [0.1, 0.15) is 24.0 Å². The summed E-state index contributed by atoms with van der Waals surface area (Å²) in [6.07, 6.45) is 3.12. The zero-order chi connectivity index (χ0) is 25.8. The molecule has 3 heterocycles. The molecule has 7 nitrogen and oxygen atoms in total. The van der Waals surface area contributed by atoms with Crippen molar-refractivity contribution >= 4 is 22.4 Å². The number of benzene rings is 2. The van der Waals surface area contributed by atoms with Gasteiger partial charge in [-0.1, -0.05) is 30.3 Å². The lowest BCUT2D eigenvalue weighted by Crippen LogP contribution is -2.36. The molecule has 0 aliphatic carbocycles. The van der Waals surface area contributed by atoms with Crippen molar-refractivity contribution < 1.29 is 19.4 Å². The summed E-state index contributed by atoms with van der Waals surface area (Å²) in [4.78, 5) is 22.6. The summed E-state index contributed by atoms with van der Waals surface area (Å²) in [5, 5.41) is 12.2. The van der Waals surface area contributed by atoms with Gasteiger partial charge in [0.05, 0.1) is 18.7 Å². The molecule has 4 aromatic rings. The predicted octanol–water partition coefficient (Wildman–Crippen LogP) is 6.07. The van der Waals surface area contributed by atoms with Gasteiger partial charge in [-0.3, -0.25) is 4.79 Å². The van der Waals surface area contributed by atoms with Crippen LogP contribution in [-0.4, -0.2) is 41.2 Å². The third-order valence-corrected chi connectivity index (χ3v) is 7.68. The summed E-state index contributed by atoms with van der Waals surface area (Å²) in [7, 11) is 1.61. The molecule has 0 amide bonds. The number of aromatic nitrogens is 2. The van der Waals surface area contributed by atoms with Gasteiger partial charge in [-0.2, -0.15) is 0 Å². The fourth-order valence-electron chi connectivity index (χ4n) is 4.52. The average Bonchev–Trinajstić information content (AvgIpc) is 3.43. The molecule has 190 valence electrons. The molecule has 1 N–H and O–H groups in total. The van der Waals surface area contributed by atoms with E-state index in [-0.39, 0.29) is 5.92 Å². The fraction of sp³-hybridized carbons (Fsp3) is 0.276. The minimum atomic E-state index is -0.701. The van der Waals surface area contributed by atoms with Crippen molar-refractivity contribution in [1.82, 2.24) is 9.97 Å². The van der Waals surface area contributed by atoms with Crippen molar-refractivity contribution in [3.63, 3.8) is 0 Å². The molecule has 8 heteroatoms. The maximum Gasteiger partial charge on any atom is 0.306 e. The molecule has 1 fully saturated rings. The first-order valence-electron chi connectivity index (χ1n) is 12.3. The summed E-state index contributed by atoms with van der Waals surface area (Å²) in [5.74, 6) is 0.425. The van der Waals surface area contributed by atoms with E-state index in [1.807, 2.05) is 48.0 Å². The van der Waals surface area contributed by atoms with Crippen LogP contribution in [0.25, 0.3) is 22.4 Å². The number of ether oxygens (including phenoxy) is 2. The smallest absolute Gasteiger partial charge is 0.306 e. The van der Waals surface area contributed by atoms with Gasteiger partial charge in [0.2, 0.25) is 5.88 Å². The number of carboxylic acids is 1. The molecule has 0 atom stereocenters. The zero-order valence-electron chi connectivity index (χ0n) is 20.9. The summed E-state index contributed by atoms with van der Waals surface area (Å²) in [6.45, 7) is 3.96. The van der Waals surface area contributed by atoms with Crippen LogP contribution in [0, 0.1) is 12.8 Å². The van der Waals surface area contributed by atoms with E-state index in [2.05, 4.69) is 35.0 Å². The second-order valence-corrected chi connectivity index (χ2v) is 9.97. The van der Waals surface area contributed by atoms with Crippen molar-refractivity contribution in [1.29, 1.82) is 0 Å². The third-order valence-electron chi connectivity index (χ3n) is 6.77. The summed E-state index contributed by atoms with van der Waals surface area (Å²) >= 11 is 1.59. The van der Waals surface area contributed by atoms with Gasteiger partial charge in [0.1, 0.15) is 12.4 Å². The number of para-hydroxylation sites is 1. The van der Waals surface area contributed by atoms with Gasteiger partial charge < -0.3 is 19.5 Å². The number of piperidine rings is 1. The molecule has 1 aliphatic rings. The van der Waals surface area contributed by atoms with Crippen LogP contribution in [0.3, 0.4) is 0 Å². The molecule has 5 rings (SSSR count). The van der Waals surface area contributed by atoms with Crippen LogP contribution < -0.4 is 14.4 Å². The Labute approximate surface area is 220 Å². The van der Waals surface area contributed by atoms with E-state index in [4.69, 9.17) is 14.5 Å². The first-order valence-corrected chi connectivity index (χ1v) is 13.1. The van der Waals surface area contributed by atoms with E-state index in [1.165, 1.54) is 0 Å². The number of aryl methyl sites for hydroxylation is 1. The Balaban J connectivity index is 1.27. The molecular formula is C29H29N3O4S. The fourth-order valence-corrected chi connectivity index (χ4v) is 5.40. The van der Waals surface area contributed by atoms with Crippen LogP contribution in [0.15, 0.2) is 66.2 Å². The number of carbonyl (C=O) groups is 1. The molecule has 1 saturated heterocycles. The first-order chi connectivity index (χ1) is 18.0. The molecule has 1 aliphatic heterocycles. The average molecular weight is 516 g/mol. The Morgan fingerprint density at radius 1 is 1.11 bits per heavy atom. The van der Waals surface area contributed by atoms with E-state index < -0.39 is 5.97 Å². The normalized spacial score (nSPS) is 13.9. The number of anilines is 1. The number of thiazole rings is 1. The van der Waals surface area contributed by atoms with E-state index in [0.29, 0.717) is 38.4 Å². The van der Waals surface area contributed by atoms with Crippen molar-refractivity contribution in [2.45, 2.75) is 26.4 Å². The summed E-state index contributed by atoms with van der Waals surface area (Å²) in [6, 6.07) is 18.1. The molecule has 0 spiro atoms. The molecule has 0 unspecified atom stereocenters. The molecule has 0 radical (unpaired) electrons. The minimum Gasteiger partial charge on any atom is -0.488 e. The molecule has 2 aromatic carbocycles. The zero-order valence-corrected chi connectivity index (χ0v) is 21.7. The highest BCUT2D eigenvalue weighted by molar-refractivity contribution is 7.14. The Kier molecular flexibility index (Phi) is 7.37. The highest BCUT2D eigenvalue weighted by Gasteiger charge is 2.26. The SMILES string of the molecule is COc1ccc(-c2ccc(COc3ccccc3-c3csc(N4CCC(C(=O)O)CC4)n3)c(C)c2)cn1. The van der Waals surface area contributed by atoms with Crippen LogP contribution in [0.5, 0.6) is 11.6 Å². The third kappa shape index (κ3) is 5.59. The van der Waals surface area contributed by atoms with Crippen LogP contribution >= 0.6 is 11.3 Å². The first kappa shape index (κ1) is 24.8. The molecule has 2 aromatic heterocycles. The number of rotatable bonds is 8. The number of carboxylic acid groups (broad SMARTS) is 1. The van der Waals surface area contributed by atoms with Gasteiger partial charge in [-0.05, 0) is 54.7 Å². The van der Waals surface area contributed by atoms with E-state index >= 15 is 0 Å². The van der Waals surface area contributed by atoms with Crippen molar-refractivity contribution in [3.05, 3.63) is 77.3 Å². The highest BCUT2D eigenvalue weighted by Crippen LogP contribution is 2.35. The molecule has 0 saturated carbocycles. The summed E-state index contributed by atoms with van der Waals surface area (Å²) < 4.78 is 11.4. The van der Waals surface area contributed by atoms with E-state index in [1.54, 1.807) is 18.4 Å². The van der Waals surface area contributed by atoms with Crippen molar-refractivity contribution in [3.8, 4) is 34.0 Å². The number of nitrogens with zero attached hydrogens (tertiary/aromatic N) is 3. The standard InChI is InChI=1S/C29H29N3O4S/c1-19-15-21(22-9-10-27(35-2)30-16-22)7-8-23(19)17-36-26-6-4-3-5-24(26)25-18-37-29(31-25)32-13-11-20(12-14-32)28(33)34/h3-10,15-16,18,20H,11-14,17H2,1-2H3,(H,33,34). The minimum absolute atomic E-state index is 0.254. The Hall–Kier alpha value is -3.91. The lowest BCUT2D eigenvalue weighted by Gasteiger charge is -2.29. The van der Waals surface area contributed by atoms with Gasteiger partial charge in [-0.25, -0.2) is 9.97 Å². The number of hydrogen-bond donors (Lipinski definition) is 1. The highest BCUT2D eigenvalue weighted by atomic mass is 32.1. The number of hydrogen-bond acceptors (Lipinski definition) is 7. The van der Waals surface area contributed by atoms with E-state index in [9.17, 15) is 9.90 Å². The van der Waals surface area contributed by atoms with Gasteiger partial charge in [0.15, 0.2) is 5.13 Å². The maximum absolute atomic E-state index is 11.3. The van der Waals surface area contributed by atoms with Gasteiger partial charge >= 0.3 is 5.97 Å². The second-order valence-electron chi connectivity index (χ2n) is 9.13. The Morgan fingerprint density at radius 3 is 2.59 bits per heavy atom. The van der Waals surface area contributed by atoms with Crippen molar-refractivity contribution in [2.75, 3.05) is 25.1 Å². The predicted molar refractivity (Wildman–Crippen MR) is 145 cm³/mol.